The summed E-state index contributed by atoms with van der Waals surface area (Å²) < 4.78 is 5.23. The first kappa shape index (κ1) is 14.3. The van der Waals surface area contributed by atoms with Gasteiger partial charge in [-0.25, -0.2) is 0 Å². The van der Waals surface area contributed by atoms with Gasteiger partial charge in [0.25, 0.3) is 11.6 Å². The van der Waals surface area contributed by atoms with Gasteiger partial charge >= 0.3 is 0 Å². The first-order chi connectivity index (χ1) is 9.41. The van der Waals surface area contributed by atoms with E-state index in [1.165, 1.54) is 6.07 Å². The van der Waals surface area contributed by atoms with E-state index in [9.17, 15) is 20.0 Å². The van der Waals surface area contributed by atoms with Crippen molar-refractivity contribution in [2.75, 3.05) is 13.2 Å². The molecule has 1 fully saturated rings. The molecule has 0 radical (unpaired) electrons. The molecule has 7 heteroatoms. The second-order valence-electron chi connectivity index (χ2n) is 5.09. The molecule has 1 aromatic rings. The van der Waals surface area contributed by atoms with Crippen molar-refractivity contribution in [1.82, 2.24) is 5.32 Å². The van der Waals surface area contributed by atoms with Gasteiger partial charge in [-0.1, -0.05) is 0 Å². The Balaban J connectivity index is 2.24. The number of phenolic OH excluding ortho intramolecular Hbond substituents is 1. The van der Waals surface area contributed by atoms with Crippen LogP contribution in [0.5, 0.6) is 5.75 Å². The molecule has 0 aliphatic carbocycles. The van der Waals surface area contributed by atoms with Crippen molar-refractivity contribution in [1.29, 1.82) is 0 Å². The van der Waals surface area contributed by atoms with Gasteiger partial charge in [0.2, 0.25) is 0 Å². The lowest BCUT2D eigenvalue weighted by atomic mass is 9.92. The molecule has 108 valence electrons. The van der Waals surface area contributed by atoms with E-state index in [1.54, 1.807) is 0 Å². The quantitative estimate of drug-likeness (QED) is 0.646. The molecule has 1 heterocycles. The largest absolute Gasteiger partial charge is 0.508 e. The third-order valence-corrected chi connectivity index (χ3v) is 3.43. The molecule has 0 bridgehead atoms. The fourth-order valence-electron chi connectivity index (χ4n) is 2.15. The number of hydrogen-bond acceptors (Lipinski definition) is 5. The van der Waals surface area contributed by atoms with Crippen LogP contribution in [0.15, 0.2) is 18.2 Å². The highest BCUT2D eigenvalue weighted by Crippen LogP contribution is 2.25. The monoisotopic (exact) mass is 280 g/mol. The fourth-order valence-corrected chi connectivity index (χ4v) is 2.15. The van der Waals surface area contributed by atoms with Crippen LogP contribution < -0.4 is 5.32 Å². The Bertz CT molecular complexity index is 538. The van der Waals surface area contributed by atoms with Crippen LogP contribution in [-0.2, 0) is 4.74 Å². The number of nitrogens with one attached hydrogen (secondary N) is 1. The van der Waals surface area contributed by atoms with Crippen LogP contribution in [-0.4, -0.2) is 34.7 Å². The summed E-state index contributed by atoms with van der Waals surface area (Å²) in [7, 11) is 0. The van der Waals surface area contributed by atoms with E-state index in [0.29, 0.717) is 26.1 Å². The van der Waals surface area contributed by atoms with Gasteiger partial charge in [0.15, 0.2) is 0 Å². The molecule has 0 atom stereocenters. The normalized spacial score (nSPS) is 17.4. The minimum absolute atomic E-state index is 0.136. The Morgan fingerprint density at radius 1 is 1.45 bits per heavy atom. The van der Waals surface area contributed by atoms with E-state index in [4.69, 9.17) is 4.74 Å². The van der Waals surface area contributed by atoms with E-state index >= 15 is 0 Å². The summed E-state index contributed by atoms with van der Waals surface area (Å²) in [5.41, 5.74) is -0.909. The lowest BCUT2D eigenvalue weighted by Gasteiger charge is -2.34. The van der Waals surface area contributed by atoms with Crippen molar-refractivity contribution >= 4 is 11.6 Å². The molecule has 1 aliphatic rings. The molecule has 1 aromatic carbocycles. The number of carbonyl (C=O) groups is 1. The van der Waals surface area contributed by atoms with E-state index in [2.05, 4.69) is 5.32 Å². The predicted octanol–water partition coefficient (Wildman–Crippen LogP) is 1.60. The molecule has 7 nitrogen and oxygen atoms in total. The van der Waals surface area contributed by atoms with E-state index in [0.717, 1.165) is 12.1 Å². The number of ether oxygens (including phenoxy) is 1. The summed E-state index contributed by atoms with van der Waals surface area (Å²) in [5, 5.41) is 23.1. The SMILES string of the molecule is CC1(NC(=O)c2cc(O)ccc2[N+](=O)[O-])CCOCC1. The minimum Gasteiger partial charge on any atom is -0.508 e. The van der Waals surface area contributed by atoms with E-state index < -0.39 is 16.4 Å². The first-order valence-electron chi connectivity index (χ1n) is 6.29. The summed E-state index contributed by atoms with van der Waals surface area (Å²) in [4.78, 5) is 22.5. The molecule has 20 heavy (non-hydrogen) atoms. The smallest absolute Gasteiger partial charge is 0.282 e. The third kappa shape index (κ3) is 3.05. The number of amides is 1. The summed E-state index contributed by atoms with van der Waals surface area (Å²) in [6.07, 6.45) is 1.29. The number of nitro benzene ring substituents is 1. The van der Waals surface area contributed by atoms with Crippen LogP contribution in [0.2, 0.25) is 0 Å². The highest BCUT2D eigenvalue weighted by atomic mass is 16.6. The first-order valence-corrected chi connectivity index (χ1v) is 6.29. The molecule has 1 saturated heterocycles. The zero-order chi connectivity index (χ0) is 14.8. The molecule has 1 aliphatic heterocycles. The second kappa shape index (κ2) is 5.46. The van der Waals surface area contributed by atoms with Crippen LogP contribution in [0.25, 0.3) is 0 Å². The zero-order valence-corrected chi connectivity index (χ0v) is 11.1. The number of phenols is 1. The highest BCUT2D eigenvalue weighted by molar-refractivity contribution is 5.99. The molecule has 2 N–H and O–H groups in total. The summed E-state index contributed by atoms with van der Waals surface area (Å²) >= 11 is 0. The Morgan fingerprint density at radius 2 is 2.10 bits per heavy atom. The number of carbonyl (C=O) groups excluding carboxylic acids is 1. The van der Waals surface area contributed by atoms with Crippen molar-refractivity contribution < 1.29 is 19.6 Å². The average molecular weight is 280 g/mol. The van der Waals surface area contributed by atoms with Crippen LogP contribution in [0.3, 0.4) is 0 Å². The Kier molecular flexibility index (Phi) is 3.89. The summed E-state index contributed by atoms with van der Waals surface area (Å²) in [6, 6.07) is 3.41. The van der Waals surface area contributed by atoms with Crippen molar-refractivity contribution in [2.24, 2.45) is 0 Å². The molecule has 0 spiro atoms. The van der Waals surface area contributed by atoms with Crippen molar-refractivity contribution in [3.8, 4) is 5.75 Å². The Labute approximate surface area is 115 Å². The summed E-state index contributed by atoms with van der Waals surface area (Å²) in [5.74, 6) is -0.741. The van der Waals surface area contributed by atoms with Crippen LogP contribution in [0.1, 0.15) is 30.1 Å². The van der Waals surface area contributed by atoms with Gasteiger partial charge in [-0.05, 0) is 31.9 Å². The van der Waals surface area contributed by atoms with E-state index in [-0.39, 0.29) is 17.0 Å². The number of benzene rings is 1. The predicted molar refractivity (Wildman–Crippen MR) is 70.7 cm³/mol. The van der Waals surface area contributed by atoms with Crippen molar-refractivity contribution in [3.05, 3.63) is 33.9 Å². The van der Waals surface area contributed by atoms with Gasteiger partial charge in [0, 0.05) is 24.8 Å². The van der Waals surface area contributed by atoms with Gasteiger partial charge in [0.05, 0.1) is 4.92 Å². The number of nitro groups is 1. The van der Waals surface area contributed by atoms with Gasteiger partial charge in [-0.15, -0.1) is 0 Å². The van der Waals surface area contributed by atoms with Gasteiger partial charge < -0.3 is 15.2 Å². The maximum atomic E-state index is 12.2. The van der Waals surface area contributed by atoms with Crippen LogP contribution in [0.4, 0.5) is 5.69 Å². The number of rotatable bonds is 3. The van der Waals surface area contributed by atoms with Gasteiger partial charge in [-0.2, -0.15) is 0 Å². The molecule has 1 amide bonds. The van der Waals surface area contributed by atoms with Crippen LogP contribution >= 0.6 is 0 Å². The minimum atomic E-state index is -0.638. The van der Waals surface area contributed by atoms with Crippen molar-refractivity contribution in [2.45, 2.75) is 25.3 Å². The topological polar surface area (TPSA) is 102 Å². The molecular weight excluding hydrogens is 264 g/mol. The molecule has 0 unspecified atom stereocenters. The lowest BCUT2D eigenvalue weighted by Crippen LogP contribution is -2.49. The zero-order valence-electron chi connectivity index (χ0n) is 11.1. The van der Waals surface area contributed by atoms with Crippen LogP contribution in [0, 0.1) is 10.1 Å². The molecule has 0 aromatic heterocycles. The highest BCUT2D eigenvalue weighted by Gasteiger charge is 2.31. The lowest BCUT2D eigenvalue weighted by molar-refractivity contribution is -0.385. The molecular formula is C13H16N2O5. The number of aromatic hydroxyl groups is 1. The molecule has 2 rings (SSSR count). The maximum absolute atomic E-state index is 12.2. The average Bonchev–Trinajstić information content (AvgIpc) is 2.38. The fraction of sp³-hybridized carbons (Fsp3) is 0.462. The molecule has 0 saturated carbocycles. The second-order valence-corrected chi connectivity index (χ2v) is 5.09. The van der Waals surface area contributed by atoms with Gasteiger partial charge in [-0.3, -0.25) is 14.9 Å². The summed E-state index contributed by atoms with van der Waals surface area (Å²) in [6.45, 7) is 2.96. The number of hydrogen-bond donors (Lipinski definition) is 2. The number of nitrogens with zero attached hydrogens (tertiary/aromatic N) is 1. The maximum Gasteiger partial charge on any atom is 0.282 e. The Morgan fingerprint density at radius 3 is 2.70 bits per heavy atom. The standard InChI is InChI=1S/C13H16N2O5/c1-13(4-6-20-7-5-13)14-12(17)10-8-9(16)2-3-11(10)15(18)19/h2-3,8,16H,4-7H2,1H3,(H,14,17). The van der Waals surface area contributed by atoms with E-state index in [1.807, 2.05) is 6.92 Å². The Hall–Kier alpha value is -2.15. The van der Waals surface area contributed by atoms with Gasteiger partial charge in [0.1, 0.15) is 11.3 Å². The van der Waals surface area contributed by atoms with Crippen molar-refractivity contribution in [3.63, 3.8) is 0 Å². The third-order valence-electron chi connectivity index (χ3n) is 3.43.